The largest absolute Gasteiger partial charge is 0.359 e. The van der Waals surface area contributed by atoms with Crippen molar-refractivity contribution in [1.29, 1.82) is 0 Å². The van der Waals surface area contributed by atoms with E-state index in [2.05, 4.69) is 10.5 Å². The van der Waals surface area contributed by atoms with Gasteiger partial charge in [-0.2, -0.15) is 0 Å². The number of hydrogen-bond acceptors (Lipinski definition) is 4. The lowest BCUT2D eigenvalue weighted by atomic mass is 9.93. The molecule has 138 valence electrons. The minimum Gasteiger partial charge on any atom is -0.359 e. The number of benzene rings is 1. The van der Waals surface area contributed by atoms with Crippen molar-refractivity contribution in [2.45, 2.75) is 46.5 Å². The molecule has 0 radical (unpaired) electrons. The molecule has 6 heteroatoms. The molecule has 0 bridgehead atoms. The molecular formula is C20H25N3O3. The zero-order valence-corrected chi connectivity index (χ0v) is 15.9. The van der Waals surface area contributed by atoms with Gasteiger partial charge in [0.2, 0.25) is 11.8 Å². The van der Waals surface area contributed by atoms with Gasteiger partial charge in [0.1, 0.15) is 5.76 Å². The number of hydrogen-bond donors (Lipinski definition) is 1. The van der Waals surface area contributed by atoms with Gasteiger partial charge in [0, 0.05) is 30.1 Å². The van der Waals surface area contributed by atoms with Gasteiger partial charge in [-0.15, -0.1) is 0 Å². The Hall–Kier alpha value is -2.63. The molecule has 2 heterocycles. The number of carbonyl (C=O) groups is 2. The fraction of sp³-hybridized carbons (Fsp3) is 0.450. The van der Waals surface area contributed by atoms with Crippen molar-refractivity contribution in [2.24, 2.45) is 5.92 Å². The van der Waals surface area contributed by atoms with Gasteiger partial charge in [-0.05, 0) is 31.0 Å². The van der Waals surface area contributed by atoms with Crippen molar-refractivity contribution < 1.29 is 14.1 Å². The molecule has 2 aromatic rings. The quantitative estimate of drug-likeness (QED) is 0.913. The summed E-state index contributed by atoms with van der Waals surface area (Å²) in [5, 5.41) is 6.68. The van der Waals surface area contributed by atoms with Gasteiger partial charge < -0.3 is 14.7 Å². The smallest absolute Gasteiger partial charge is 0.231 e. The van der Waals surface area contributed by atoms with Crippen LogP contribution in [-0.4, -0.2) is 23.5 Å². The molecule has 1 aromatic heterocycles. The van der Waals surface area contributed by atoms with Crippen LogP contribution in [0.2, 0.25) is 0 Å². The molecule has 1 aromatic carbocycles. The molecule has 1 fully saturated rings. The minimum absolute atomic E-state index is 0.0330. The van der Waals surface area contributed by atoms with E-state index in [0.29, 0.717) is 18.1 Å². The molecule has 3 rings (SSSR count). The monoisotopic (exact) mass is 355 g/mol. The predicted octanol–water partition coefficient (Wildman–Crippen LogP) is 3.58. The van der Waals surface area contributed by atoms with Crippen LogP contribution in [-0.2, 0) is 15.0 Å². The Kier molecular flexibility index (Phi) is 4.61. The van der Waals surface area contributed by atoms with E-state index < -0.39 is 5.92 Å². The van der Waals surface area contributed by atoms with Crippen molar-refractivity contribution >= 4 is 23.3 Å². The molecule has 2 amide bonds. The van der Waals surface area contributed by atoms with Gasteiger partial charge in [-0.25, -0.2) is 0 Å². The summed E-state index contributed by atoms with van der Waals surface area (Å²) in [4.78, 5) is 26.7. The van der Waals surface area contributed by atoms with E-state index in [1.807, 2.05) is 52.8 Å². The summed E-state index contributed by atoms with van der Waals surface area (Å²) in [6, 6.07) is 7.60. The first-order chi connectivity index (χ1) is 12.2. The Bertz CT molecular complexity index is 848. The second-order valence-corrected chi connectivity index (χ2v) is 7.94. The summed E-state index contributed by atoms with van der Waals surface area (Å²) in [6.07, 6.45) is 0.198. The second-order valence-electron chi connectivity index (χ2n) is 7.94. The van der Waals surface area contributed by atoms with Crippen molar-refractivity contribution in [3.8, 4) is 0 Å². The molecule has 26 heavy (non-hydrogen) atoms. The molecule has 0 spiro atoms. The zero-order chi connectivity index (χ0) is 19.1. The fourth-order valence-corrected chi connectivity index (χ4v) is 3.06. The number of aromatic nitrogens is 1. The summed E-state index contributed by atoms with van der Waals surface area (Å²) in [5.41, 5.74) is 2.88. The topological polar surface area (TPSA) is 75.4 Å². The van der Waals surface area contributed by atoms with Gasteiger partial charge >= 0.3 is 0 Å². The lowest BCUT2D eigenvalue weighted by Crippen LogP contribution is -2.28. The molecule has 6 nitrogen and oxygen atoms in total. The van der Waals surface area contributed by atoms with E-state index in [0.717, 1.165) is 16.8 Å². The lowest BCUT2D eigenvalue weighted by molar-refractivity contribution is -0.122. The first-order valence-electron chi connectivity index (χ1n) is 8.81. The van der Waals surface area contributed by atoms with Crippen LogP contribution in [0.3, 0.4) is 0 Å². The molecule has 1 atom stereocenters. The summed E-state index contributed by atoms with van der Waals surface area (Å²) < 4.78 is 5.29. The Morgan fingerprint density at radius 1 is 1.31 bits per heavy atom. The zero-order valence-electron chi connectivity index (χ0n) is 15.9. The number of anilines is 2. The molecule has 1 aliphatic heterocycles. The molecular weight excluding hydrogens is 330 g/mol. The van der Waals surface area contributed by atoms with Crippen LogP contribution in [0, 0.1) is 19.8 Å². The molecule has 1 aliphatic rings. The Morgan fingerprint density at radius 3 is 2.69 bits per heavy atom. The van der Waals surface area contributed by atoms with Crippen LogP contribution in [0.5, 0.6) is 0 Å². The number of rotatable bonds is 3. The number of nitrogens with one attached hydrogen (secondary N) is 1. The van der Waals surface area contributed by atoms with E-state index in [4.69, 9.17) is 4.52 Å². The highest BCUT2D eigenvalue weighted by Crippen LogP contribution is 2.30. The summed E-state index contributed by atoms with van der Waals surface area (Å²) >= 11 is 0. The predicted molar refractivity (Wildman–Crippen MR) is 100 cm³/mol. The second kappa shape index (κ2) is 6.59. The molecule has 0 saturated carbocycles. The lowest BCUT2D eigenvalue weighted by Gasteiger charge is -2.20. The first-order valence-corrected chi connectivity index (χ1v) is 8.81. The summed E-state index contributed by atoms with van der Waals surface area (Å²) in [7, 11) is 0. The van der Waals surface area contributed by atoms with Crippen molar-refractivity contribution in [1.82, 2.24) is 5.16 Å². The average Bonchev–Trinajstić information content (AvgIpc) is 3.17. The number of aryl methyl sites for hydroxylation is 1. The van der Waals surface area contributed by atoms with Crippen molar-refractivity contribution in [3.63, 3.8) is 0 Å². The highest BCUT2D eigenvalue weighted by Gasteiger charge is 2.36. The van der Waals surface area contributed by atoms with Crippen molar-refractivity contribution in [2.75, 3.05) is 16.8 Å². The highest BCUT2D eigenvalue weighted by molar-refractivity contribution is 6.03. The standard InChI is InChI=1S/C20H25N3O3/c1-12-7-6-8-15(13(12)2)23-11-14(9-18(23)24)19(25)21-17-10-16(26-22-17)20(3,4)5/h6-8,10,14H,9,11H2,1-5H3,(H,21,22,25). The minimum atomic E-state index is -0.405. The number of carbonyl (C=O) groups excluding carboxylic acids is 2. The van der Waals surface area contributed by atoms with Crippen molar-refractivity contribution in [3.05, 3.63) is 41.2 Å². The van der Waals surface area contributed by atoms with E-state index in [-0.39, 0.29) is 23.7 Å². The maximum absolute atomic E-state index is 12.6. The summed E-state index contributed by atoms with van der Waals surface area (Å²) in [6.45, 7) is 10.4. The van der Waals surface area contributed by atoms with Gasteiger partial charge in [-0.1, -0.05) is 38.1 Å². The third-order valence-electron chi connectivity index (χ3n) is 4.86. The highest BCUT2D eigenvalue weighted by atomic mass is 16.5. The third-order valence-corrected chi connectivity index (χ3v) is 4.86. The Balaban J connectivity index is 1.71. The normalized spacial score (nSPS) is 17.7. The maximum Gasteiger partial charge on any atom is 0.231 e. The van der Waals surface area contributed by atoms with Crippen LogP contribution in [0.4, 0.5) is 11.5 Å². The molecule has 1 unspecified atom stereocenters. The third kappa shape index (κ3) is 3.49. The number of amides is 2. The first kappa shape index (κ1) is 18.2. The van der Waals surface area contributed by atoms with E-state index in [1.54, 1.807) is 11.0 Å². The van der Waals surface area contributed by atoms with Crippen LogP contribution < -0.4 is 10.2 Å². The molecule has 1 saturated heterocycles. The number of nitrogens with zero attached hydrogens (tertiary/aromatic N) is 2. The van der Waals surface area contributed by atoms with E-state index in [1.165, 1.54) is 0 Å². The van der Waals surface area contributed by atoms with E-state index >= 15 is 0 Å². The average molecular weight is 355 g/mol. The van der Waals surface area contributed by atoms with Crippen LogP contribution in [0.25, 0.3) is 0 Å². The van der Waals surface area contributed by atoms with Crippen LogP contribution in [0.15, 0.2) is 28.8 Å². The molecule has 0 aliphatic carbocycles. The Labute approximate surface area is 153 Å². The Morgan fingerprint density at radius 2 is 2.04 bits per heavy atom. The fourth-order valence-electron chi connectivity index (χ4n) is 3.06. The van der Waals surface area contributed by atoms with Gasteiger partial charge in [-0.3, -0.25) is 9.59 Å². The van der Waals surface area contributed by atoms with Gasteiger partial charge in [0.15, 0.2) is 5.82 Å². The van der Waals surface area contributed by atoms with Gasteiger partial charge in [0.05, 0.1) is 5.92 Å². The van der Waals surface area contributed by atoms with Gasteiger partial charge in [0.25, 0.3) is 0 Å². The van der Waals surface area contributed by atoms with Crippen LogP contribution >= 0.6 is 0 Å². The SMILES string of the molecule is Cc1cccc(N2CC(C(=O)Nc3cc(C(C)(C)C)on3)CC2=O)c1C. The molecule has 1 N–H and O–H groups in total. The summed E-state index contributed by atoms with van der Waals surface area (Å²) in [5.74, 6) is 0.441. The maximum atomic E-state index is 12.6. The van der Waals surface area contributed by atoms with Crippen LogP contribution in [0.1, 0.15) is 44.1 Å². The van der Waals surface area contributed by atoms with E-state index in [9.17, 15) is 9.59 Å².